The van der Waals surface area contributed by atoms with Gasteiger partial charge in [0.15, 0.2) is 0 Å². The second-order valence-electron chi connectivity index (χ2n) is 7.58. The van der Waals surface area contributed by atoms with Crippen LogP contribution in [-0.2, 0) is 32.6 Å². The number of ether oxygens (including phenoxy) is 1. The topological polar surface area (TPSA) is 96.0 Å². The number of fused-ring (bicyclic) bond motifs is 1. The number of hydrogen-bond donors (Lipinski definition) is 1. The summed E-state index contributed by atoms with van der Waals surface area (Å²) in [5.41, 5.74) is 2.33. The molecule has 8 nitrogen and oxygen atoms in total. The molecule has 1 atom stereocenters. The van der Waals surface area contributed by atoms with Crippen LogP contribution in [0.3, 0.4) is 0 Å². The van der Waals surface area contributed by atoms with Crippen LogP contribution in [0.5, 0.6) is 5.75 Å². The number of likely N-dealkylation sites (N-methyl/N-ethyl adjacent to an activating group) is 1. The highest BCUT2D eigenvalue weighted by Gasteiger charge is 2.31. The second-order valence-corrected chi connectivity index (χ2v) is 9.63. The smallest absolute Gasteiger partial charge is 0.243 e. The van der Waals surface area contributed by atoms with Crippen LogP contribution >= 0.6 is 0 Å². The molecule has 2 aromatic carbocycles. The fourth-order valence-corrected chi connectivity index (χ4v) is 4.99. The molecule has 1 N–H and O–H groups in total. The van der Waals surface area contributed by atoms with Crippen molar-refractivity contribution in [2.75, 3.05) is 25.6 Å². The summed E-state index contributed by atoms with van der Waals surface area (Å²) in [4.78, 5) is 26.0. The summed E-state index contributed by atoms with van der Waals surface area (Å²) >= 11 is 0. The number of nitrogens with one attached hydrogen (secondary N) is 1. The minimum absolute atomic E-state index is 0.0241. The number of carbonyl (C=O) groups excluding carboxylic acids is 2. The zero-order valence-corrected chi connectivity index (χ0v) is 18.9. The molecule has 1 heterocycles. The molecule has 0 saturated heterocycles. The Morgan fingerprint density at radius 3 is 2.61 bits per heavy atom. The Morgan fingerprint density at radius 2 is 1.94 bits per heavy atom. The third-order valence-electron chi connectivity index (χ3n) is 5.35. The molecule has 9 heteroatoms. The number of rotatable bonds is 7. The van der Waals surface area contributed by atoms with Gasteiger partial charge in [0.2, 0.25) is 21.8 Å². The van der Waals surface area contributed by atoms with E-state index < -0.39 is 15.9 Å². The van der Waals surface area contributed by atoms with E-state index >= 15 is 0 Å². The Hall–Kier alpha value is -2.91. The average molecular weight is 446 g/mol. The monoisotopic (exact) mass is 445 g/mol. The van der Waals surface area contributed by atoms with Crippen molar-refractivity contribution in [3.05, 3.63) is 53.6 Å². The minimum atomic E-state index is -3.86. The maximum absolute atomic E-state index is 13.0. The first-order valence-electron chi connectivity index (χ1n) is 9.92. The lowest BCUT2D eigenvalue weighted by Crippen LogP contribution is -2.38. The Morgan fingerprint density at radius 1 is 1.23 bits per heavy atom. The van der Waals surface area contributed by atoms with Crippen molar-refractivity contribution in [1.82, 2.24) is 9.62 Å². The van der Waals surface area contributed by atoms with Crippen LogP contribution in [0.15, 0.2) is 47.4 Å². The van der Waals surface area contributed by atoms with Crippen LogP contribution in [0.4, 0.5) is 5.69 Å². The summed E-state index contributed by atoms with van der Waals surface area (Å²) in [7, 11) is -0.942. The van der Waals surface area contributed by atoms with E-state index in [-0.39, 0.29) is 29.9 Å². The standard InChI is InChI=1S/C22H27N3O5S/c1-15-11-18-12-19(9-10-20(18)25(15)16(2)26)31(28,29)24(3)14-22(27)23-13-17-7-5-6-8-21(17)30-4/h5-10,12,15H,11,13-14H2,1-4H3,(H,23,27)/t15-/m0/s1. The molecule has 0 unspecified atom stereocenters. The average Bonchev–Trinajstić information content (AvgIpc) is 3.07. The van der Waals surface area contributed by atoms with E-state index in [4.69, 9.17) is 4.74 Å². The quantitative estimate of drug-likeness (QED) is 0.703. The zero-order chi connectivity index (χ0) is 22.8. The van der Waals surface area contributed by atoms with Gasteiger partial charge in [-0.25, -0.2) is 8.42 Å². The van der Waals surface area contributed by atoms with Crippen LogP contribution in [0.1, 0.15) is 25.0 Å². The van der Waals surface area contributed by atoms with Gasteiger partial charge in [0.1, 0.15) is 5.75 Å². The van der Waals surface area contributed by atoms with Gasteiger partial charge in [0.05, 0.1) is 18.6 Å². The van der Waals surface area contributed by atoms with Crippen LogP contribution in [-0.4, -0.2) is 51.3 Å². The SMILES string of the molecule is COc1ccccc1CNC(=O)CN(C)S(=O)(=O)c1ccc2c(c1)C[C@H](C)N2C(C)=O. The number of nitrogens with zero attached hydrogens (tertiary/aromatic N) is 2. The van der Waals surface area contributed by atoms with Crippen LogP contribution in [0.25, 0.3) is 0 Å². The first-order chi connectivity index (χ1) is 14.6. The molecule has 1 aliphatic rings. The van der Waals surface area contributed by atoms with E-state index in [1.54, 1.807) is 30.2 Å². The third-order valence-corrected chi connectivity index (χ3v) is 7.15. The fourth-order valence-electron chi connectivity index (χ4n) is 3.81. The molecule has 0 aliphatic carbocycles. The van der Waals surface area contributed by atoms with E-state index in [1.807, 2.05) is 25.1 Å². The van der Waals surface area contributed by atoms with E-state index in [1.165, 1.54) is 20.0 Å². The maximum atomic E-state index is 13.0. The molecular formula is C22H27N3O5S. The van der Waals surface area contributed by atoms with Crippen LogP contribution < -0.4 is 15.0 Å². The van der Waals surface area contributed by atoms with Crippen LogP contribution in [0, 0.1) is 0 Å². The molecule has 2 aromatic rings. The maximum Gasteiger partial charge on any atom is 0.243 e. The number of methoxy groups -OCH3 is 1. The molecule has 2 amide bonds. The van der Waals surface area contributed by atoms with Crippen molar-refractivity contribution in [2.24, 2.45) is 0 Å². The number of sulfonamides is 1. The van der Waals surface area contributed by atoms with Crippen LogP contribution in [0.2, 0.25) is 0 Å². The molecular weight excluding hydrogens is 418 g/mol. The lowest BCUT2D eigenvalue weighted by atomic mass is 10.1. The number of para-hydroxylation sites is 1. The van der Waals surface area contributed by atoms with Gasteiger partial charge in [-0.05, 0) is 43.2 Å². The Bertz CT molecular complexity index is 1100. The zero-order valence-electron chi connectivity index (χ0n) is 18.1. The van der Waals surface area contributed by atoms with Gasteiger partial charge in [-0.3, -0.25) is 9.59 Å². The normalized spacial score (nSPS) is 15.6. The van der Waals surface area contributed by atoms with Gasteiger partial charge >= 0.3 is 0 Å². The Kier molecular flexibility index (Phi) is 6.66. The Balaban J connectivity index is 1.69. The van der Waals surface area contributed by atoms with E-state index in [0.717, 1.165) is 21.1 Å². The minimum Gasteiger partial charge on any atom is -0.496 e. The summed E-state index contributed by atoms with van der Waals surface area (Å²) in [6.07, 6.45) is 0.585. The fraction of sp³-hybridized carbons (Fsp3) is 0.364. The van der Waals surface area contributed by atoms with Gasteiger partial charge in [-0.2, -0.15) is 4.31 Å². The second kappa shape index (κ2) is 9.07. The first-order valence-corrected chi connectivity index (χ1v) is 11.4. The number of anilines is 1. The van der Waals surface area contributed by atoms with Crippen molar-refractivity contribution < 1.29 is 22.7 Å². The molecule has 0 saturated carbocycles. The molecule has 3 rings (SSSR count). The van der Waals surface area contributed by atoms with Gasteiger partial charge in [0, 0.05) is 37.8 Å². The number of amides is 2. The van der Waals surface area contributed by atoms with Gasteiger partial charge < -0.3 is 15.0 Å². The Labute approximate surface area is 182 Å². The highest BCUT2D eigenvalue weighted by atomic mass is 32.2. The molecule has 0 bridgehead atoms. The molecule has 0 spiro atoms. The summed E-state index contributed by atoms with van der Waals surface area (Å²) in [5.74, 6) is 0.149. The predicted octanol–water partition coefficient (Wildman–Crippen LogP) is 1.93. The van der Waals surface area contributed by atoms with Gasteiger partial charge in [-0.15, -0.1) is 0 Å². The van der Waals surface area contributed by atoms with Crippen molar-refractivity contribution >= 4 is 27.5 Å². The molecule has 0 radical (unpaired) electrons. The van der Waals surface area contributed by atoms with Crippen molar-refractivity contribution in [3.63, 3.8) is 0 Å². The number of carbonyl (C=O) groups is 2. The first kappa shape index (κ1) is 22.8. The molecule has 1 aliphatic heterocycles. The predicted molar refractivity (Wildman–Crippen MR) is 117 cm³/mol. The van der Waals surface area contributed by atoms with E-state index in [2.05, 4.69) is 5.32 Å². The van der Waals surface area contributed by atoms with Gasteiger partial charge in [-0.1, -0.05) is 18.2 Å². The van der Waals surface area contributed by atoms with E-state index in [9.17, 15) is 18.0 Å². The van der Waals surface area contributed by atoms with Crippen molar-refractivity contribution in [2.45, 2.75) is 37.8 Å². The van der Waals surface area contributed by atoms with Gasteiger partial charge in [0.25, 0.3) is 0 Å². The highest BCUT2D eigenvalue weighted by Crippen LogP contribution is 2.34. The highest BCUT2D eigenvalue weighted by molar-refractivity contribution is 7.89. The molecule has 0 fully saturated rings. The summed E-state index contributed by atoms with van der Waals surface area (Å²) in [6, 6.07) is 12.0. The van der Waals surface area contributed by atoms with E-state index in [0.29, 0.717) is 12.2 Å². The number of benzene rings is 2. The summed E-state index contributed by atoms with van der Waals surface area (Å²) in [6.45, 7) is 3.33. The third kappa shape index (κ3) is 4.72. The largest absolute Gasteiger partial charge is 0.496 e. The molecule has 31 heavy (non-hydrogen) atoms. The van der Waals surface area contributed by atoms with Crippen molar-refractivity contribution in [3.8, 4) is 5.75 Å². The molecule has 166 valence electrons. The molecule has 0 aromatic heterocycles. The summed E-state index contributed by atoms with van der Waals surface area (Å²) in [5, 5.41) is 2.72. The lowest BCUT2D eigenvalue weighted by Gasteiger charge is -2.21. The summed E-state index contributed by atoms with van der Waals surface area (Å²) < 4.78 is 32.2. The lowest BCUT2D eigenvalue weighted by molar-refractivity contribution is -0.121. The van der Waals surface area contributed by atoms with Crippen molar-refractivity contribution in [1.29, 1.82) is 0 Å². The number of hydrogen-bond acceptors (Lipinski definition) is 5.